The van der Waals surface area contributed by atoms with E-state index in [0.717, 1.165) is 25.9 Å². The Balaban J connectivity index is 0.00000200. The van der Waals surface area contributed by atoms with E-state index in [1.54, 1.807) is 18.2 Å². The van der Waals surface area contributed by atoms with Gasteiger partial charge in [0.25, 0.3) is 0 Å². The average molecular weight is 337 g/mol. The summed E-state index contributed by atoms with van der Waals surface area (Å²) >= 11 is 11.7. The highest BCUT2D eigenvalue weighted by atomic mass is 35.5. The summed E-state index contributed by atoms with van der Waals surface area (Å²) in [6.45, 7) is 1.82. The van der Waals surface area contributed by atoms with Crippen molar-refractivity contribution in [3.8, 4) is 0 Å². The second kappa shape index (κ2) is 7.57. The van der Waals surface area contributed by atoms with E-state index >= 15 is 0 Å². The molecule has 5 nitrogen and oxygen atoms in total. The summed E-state index contributed by atoms with van der Waals surface area (Å²) in [6, 6.07) is 4.99. The molecule has 1 aromatic rings. The van der Waals surface area contributed by atoms with Crippen LogP contribution in [0.2, 0.25) is 10.0 Å². The molecule has 0 amide bonds. The third kappa shape index (κ3) is 4.44. The van der Waals surface area contributed by atoms with Gasteiger partial charge in [-0.15, -0.1) is 12.4 Å². The molecular formula is C12H16Cl3N5. The normalized spacial score (nSPS) is 16.2. The number of hydrogen-bond acceptors (Lipinski definition) is 1. The Morgan fingerprint density at radius 3 is 2.35 bits per heavy atom. The van der Waals surface area contributed by atoms with Gasteiger partial charge in [0.05, 0.1) is 15.7 Å². The highest BCUT2D eigenvalue weighted by Gasteiger charge is 2.13. The van der Waals surface area contributed by atoms with Crippen molar-refractivity contribution in [2.75, 3.05) is 13.1 Å². The minimum absolute atomic E-state index is 0. The van der Waals surface area contributed by atoms with Crippen LogP contribution in [-0.4, -0.2) is 29.9 Å². The lowest BCUT2D eigenvalue weighted by Gasteiger charge is -2.15. The number of benzene rings is 1. The maximum absolute atomic E-state index is 5.90. The van der Waals surface area contributed by atoms with Crippen molar-refractivity contribution >= 4 is 53.2 Å². The lowest BCUT2D eigenvalue weighted by molar-refractivity contribution is 0.514. The Labute approximate surface area is 134 Å². The zero-order valence-electron chi connectivity index (χ0n) is 10.7. The van der Waals surface area contributed by atoms with E-state index in [1.165, 1.54) is 0 Å². The summed E-state index contributed by atoms with van der Waals surface area (Å²) in [5.74, 6) is 0.501. The van der Waals surface area contributed by atoms with Crippen molar-refractivity contribution in [3.63, 3.8) is 0 Å². The van der Waals surface area contributed by atoms with Gasteiger partial charge >= 0.3 is 0 Å². The predicted molar refractivity (Wildman–Crippen MR) is 87.4 cm³/mol. The maximum atomic E-state index is 5.90. The molecule has 0 bridgehead atoms. The van der Waals surface area contributed by atoms with Crippen LogP contribution in [0.4, 0.5) is 5.69 Å². The molecule has 0 aromatic heterocycles. The first-order chi connectivity index (χ1) is 9.06. The van der Waals surface area contributed by atoms with E-state index in [4.69, 9.17) is 34.7 Å². The Kier molecular flexibility index (Phi) is 6.39. The predicted octanol–water partition coefficient (Wildman–Crippen LogP) is 2.77. The Hall–Kier alpha value is -1.17. The molecule has 1 aromatic carbocycles. The van der Waals surface area contributed by atoms with Crippen LogP contribution in [0, 0.1) is 0 Å². The van der Waals surface area contributed by atoms with Gasteiger partial charge in [0.1, 0.15) is 0 Å². The quantitative estimate of drug-likeness (QED) is 0.611. The molecule has 0 spiro atoms. The first kappa shape index (κ1) is 16.9. The molecule has 110 valence electrons. The maximum Gasteiger partial charge on any atom is 0.223 e. The lowest BCUT2D eigenvalue weighted by atomic mass is 10.3. The summed E-state index contributed by atoms with van der Waals surface area (Å²) in [7, 11) is 0. The minimum atomic E-state index is 0. The number of likely N-dealkylation sites (tertiary alicyclic amines) is 1. The molecule has 0 unspecified atom stereocenters. The Morgan fingerprint density at radius 2 is 1.75 bits per heavy atom. The molecule has 0 saturated carbocycles. The standard InChI is InChI=1S/C12H15Cl2N5.ClH/c13-9-4-3-8(7-10(9)14)17-11(15)18-12(16)19-5-1-2-6-19;/h3-4,7H,1-2,5-6H2,(H4,15,16,17,18);1H. The van der Waals surface area contributed by atoms with E-state index in [2.05, 4.69) is 9.98 Å². The van der Waals surface area contributed by atoms with Crippen LogP contribution in [-0.2, 0) is 0 Å². The third-order valence-electron chi connectivity index (χ3n) is 2.81. The van der Waals surface area contributed by atoms with Crippen LogP contribution in [0.25, 0.3) is 0 Å². The highest BCUT2D eigenvalue weighted by molar-refractivity contribution is 6.42. The van der Waals surface area contributed by atoms with Crippen LogP contribution >= 0.6 is 35.6 Å². The molecule has 0 radical (unpaired) electrons. The topological polar surface area (TPSA) is 80.0 Å². The molecule has 20 heavy (non-hydrogen) atoms. The number of rotatable bonds is 1. The van der Waals surface area contributed by atoms with Crippen molar-refractivity contribution in [3.05, 3.63) is 28.2 Å². The van der Waals surface area contributed by atoms with Gasteiger partial charge in [-0.3, -0.25) is 0 Å². The summed E-state index contributed by atoms with van der Waals surface area (Å²) in [5, 5.41) is 0.895. The first-order valence-corrected chi connectivity index (χ1v) is 6.70. The fraction of sp³-hybridized carbons (Fsp3) is 0.333. The first-order valence-electron chi connectivity index (χ1n) is 5.94. The third-order valence-corrected chi connectivity index (χ3v) is 3.55. The van der Waals surface area contributed by atoms with Crippen LogP contribution in [0.5, 0.6) is 0 Å². The smallest absolute Gasteiger partial charge is 0.223 e. The molecular weight excluding hydrogens is 321 g/mol. The number of halogens is 3. The summed E-state index contributed by atoms with van der Waals surface area (Å²) in [5.41, 5.74) is 12.2. The molecule has 2 rings (SSSR count). The number of hydrogen-bond donors (Lipinski definition) is 2. The van der Waals surface area contributed by atoms with Gasteiger partial charge in [-0.05, 0) is 31.0 Å². The molecule has 0 aliphatic carbocycles. The molecule has 1 aliphatic rings. The molecule has 1 aliphatic heterocycles. The molecule has 1 saturated heterocycles. The largest absolute Gasteiger partial charge is 0.369 e. The van der Waals surface area contributed by atoms with E-state index in [0.29, 0.717) is 21.7 Å². The highest BCUT2D eigenvalue weighted by Crippen LogP contribution is 2.26. The zero-order chi connectivity index (χ0) is 13.8. The molecule has 0 atom stereocenters. The molecule has 8 heteroatoms. The number of aliphatic imine (C=N–C) groups is 2. The van der Waals surface area contributed by atoms with E-state index in [9.17, 15) is 0 Å². The number of nitrogens with two attached hydrogens (primary N) is 2. The summed E-state index contributed by atoms with van der Waals surface area (Å²) in [6.07, 6.45) is 2.25. The monoisotopic (exact) mass is 335 g/mol. The van der Waals surface area contributed by atoms with Crippen LogP contribution in [0.1, 0.15) is 12.8 Å². The summed E-state index contributed by atoms with van der Waals surface area (Å²) < 4.78 is 0. The number of nitrogens with zero attached hydrogens (tertiary/aromatic N) is 3. The van der Waals surface area contributed by atoms with Gasteiger partial charge in [-0.25, -0.2) is 4.99 Å². The molecule has 1 heterocycles. The van der Waals surface area contributed by atoms with Gasteiger partial charge < -0.3 is 16.4 Å². The Bertz CT molecular complexity index is 524. The second-order valence-corrected chi connectivity index (χ2v) is 5.05. The van der Waals surface area contributed by atoms with Crippen LogP contribution in [0.3, 0.4) is 0 Å². The van der Waals surface area contributed by atoms with Crippen molar-refractivity contribution in [2.45, 2.75) is 12.8 Å². The van der Waals surface area contributed by atoms with Gasteiger partial charge in [0.2, 0.25) is 5.96 Å². The van der Waals surface area contributed by atoms with E-state index in [1.807, 2.05) is 4.90 Å². The van der Waals surface area contributed by atoms with Crippen molar-refractivity contribution in [1.29, 1.82) is 0 Å². The fourth-order valence-corrected chi connectivity index (χ4v) is 2.14. The van der Waals surface area contributed by atoms with Gasteiger partial charge in [0.15, 0.2) is 5.96 Å². The van der Waals surface area contributed by atoms with Crippen LogP contribution < -0.4 is 11.5 Å². The van der Waals surface area contributed by atoms with Crippen molar-refractivity contribution < 1.29 is 0 Å². The van der Waals surface area contributed by atoms with E-state index < -0.39 is 0 Å². The molecule has 1 fully saturated rings. The lowest BCUT2D eigenvalue weighted by Crippen LogP contribution is -2.36. The van der Waals surface area contributed by atoms with Gasteiger partial charge in [-0.1, -0.05) is 23.2 Å². The van der Waals surface area contributed by atoms with Crippen molar-refractivity contribution in [2.24, 2.45) is 21.5 Å². The van der Waals surface area contributed by atoms with Gasteiger partial charge in [0, 0.05) is 13.1 Å². The van der Waals surface area contributed by atoms with E-state index in [-0.39, 0.29) is 18.4 Å². The van der Waals surface area contributed by atoms with Crippen LogP contribution in [0.15, 0.2) is 28.2 Å². The number of guanidine groups is 2. The van der Waals surface area contributed by atoms with Crippen molar-refractivity contribution in [1.82, 2.24) is 4.90 Å². The SMILES string of the molecule is Cl.NC(=Nc1ccc(Cl)c(Cl)c1)/N=C(/N)N1CCCC1. The Morgan fingerprint density at radius 1 is 1.10 bits per heavy atom. The fourth-order valence-electron chi connectivity index (χ4n) is 1.85. The summed E-state index contributed by atoms with van der Waals surface area (Å²) in [4.78, 5) is 10.2. The second-order valence-electron chi connectivity index (χ2n) is 4.23. The van der Waals surface area contributed by atoms with Gasteiger partial charge in [-0.2, -0.15) is 4.99 Å². The average Bonchev–Trinajstić information content (AvgIpc) is 2.87. The minimum Gasteiger partial charge on any atom is -0.369 e. The zero-order valence-corrected chi connectivity index (χ0v) is 13.0. The molecule has 4 N–H and O–H groups in total.